The van der Waals surface area contributed by atoms with Gasteiger partial charge in [-0.3, -0.25) is 9.59 Å². The van der Waals surface area contributed by atoms with Crippen molar-refractivity contribution in [1.82, 2.24) is 10.6 Å². The van der Waals surface area contributed by atoms with Crippen molar-refractivity contribution in [3.05, 3.63) is 89.4 Å². The minimum atomic E-state index is -3.86. The molecule has 0 aliphatic heterocycles. The molecule has 0 aliphatic carbocycles. The van der Waals surface area contributed by atoms with Crippen LogP contribution < -0.4 is 10.6 Å². The third-order valence-electron chi connectivity index (χ3n) is 4.94. The van der Waals surface area contributed by atoms with Crippen LogP contribution in [0.25, 0.3) is 0 Å². The number of carbonyl (C=O) groups is 2. The van der Waals surface area contributed by atoms with Gasteiger partial charge in [0, 0.05) is 13.1 Å². The first-order valence-corrected chi connectivity index (χ1v) is 11.3. The van der Waals surface area contributed by atoms with Gasteiger partial charge in [-0.1, -0.05) is 42.0 Å². The van der Waals surface area contributed by atoms with Gasteiger partial charge in [0.2, 0.25) is 0 Å². The van der Waals surface area contributed by atoms with Gasteiger partial charge in [-0.15, -0.1) is 0 Å². The third kappa shape index (κ3) is 5.40. The van der Waals surface area contributed by atoms with Gasteiger partial charge in [-0.25, -0.2) is 8.42 Å². The predicted molar refractivity (Wildman–Crippen MR) is 116 cm³/mol. The van der Waals surface area contributed by atoms with E-state index in [1.165, 1.54) is 24.5 Å². The number of amides is 2. The summed E-state index contributed by atoms with van der Waals surface area (Å²) in [7, 11) is -3.86. The number of aryl methyl sites for hydroxylation is 2. The van der Waals surface area contributed by atoms with E-state index in [2.05, 4.69) is 10.6 Å². The molecular weight excluding hydrogens is 416 g/mol. The molecule has 7 nitrogen and oxygen atoms in total. The van der Waals surface area contributed by atoms with Gasteiger partial charge in [0.15, 0.2) is 9.84 Å². The maximum absolute atomic E-state index is 13.2. The highest BCUT2D eigenvalue weighted by Crippen LogP contribution is 2.29. The van der Waals surface area contributed by atoms with E-state index in [-0.39, 0.29) is 23.7 Å². The normalized spacial score (nSPS) is 12.2. The van der Waals surface area contributed by atoms with Gasteiger partial charge in [0.1, 0.15) is 11.0 Å². The zero-order chi connectivity index (χ0) is 22.4. The molecule has 0 radical (unpaired) electrons. The van der Waals surface area contributed by atoms with Gasteiger partial charge < -0.3 is 15.1 Å². The average Bonchev–Trinajstić information content (AvgIpc) is 3.27. The molecule has 0 fully saturated rings. The van der Waals surface area contributed by atoms with E-state index in [1.54, 1.807) is 18.2 Å². The average molecular weight is 441 g/mol. The number of hydrogen-bond donors (Lipinski definition) is 2. The highest BCUT2D eigenvalue weighted by molar-refractivity contribution is 7.91. The molecular formula is C23H24N2O5S. The van der Waals surface area contributed by atoms with Crippen LogP contribution in [0.3, 0.4) is 0 Å². The fourth-order valence-electron chi connectivity index (χ4n) is 3.06. The molecule has 0 bridgehead atoms. The first kappa shape index (κ1) is 22.3. The Hall–Kier alpha value is -3.39. The van der Waals surface area contributed by atoms with Crippen LogP contribution in [0.5, 0.6) is 0 Å². The molecule has 8 heteroatoms. The molecule has 162 valence electrons. The van der Waals surface area contributed by atoms with Crippen LogP contribution >= 0.6 is 0 Å². The minimum absolute atomic E-state index is 0.109. The Balaban J connectivity index is 1.69. The molecule has 2 N–H and O–H groups in total. The van der Waals surface area contributed by atoms with Gasteiger partial charge >= 0.3 is 11.8 Å². The molecule has 0 saturated heterocycles. The first-order valence-electron chi connectivity index (χ1n) is 9.73. The smallest absolute Gasteiger partial charge is 0.309 e. The van der Waals surface area contributed by atoms with Crippen molar-refractivity contribution >= 4 is 21.7 Å². The number of nitrogens with one attached hydrogen (secondary N) is 2. The Bertz CT molecular complexity index is 1150. The van der Waals surface area contributed by atoms with Crippen LogP contribution in [0, 0.1) is 13.8 Å². The number of benzene rings is 2. The molecule has 1 unspecified atom stereocenters. The summed E-state index contributed by atoms with van der Waals surface area (Å²) in [4.78, 5) is 24.6. The summed E-state index contributed by atoms with van der Waals surface area (Å²) in [6.45, 7) is 3.66. The van der Waals surface area contributed by atoms with E-state index in [0.29, 0.717) is 0 Å². The van der Waals surface area contributed by atoms with Crippen molar-refractivity contribution < 1.29 is 22.4 Å². The topological polar surface area (TPSA) is 105 Å². The van der Waals surface area contributed by atoms with E-state index in [9.17, 15) is 18.0 Å². The van der Waals surface area contributed by atoms with Crippen LogP contribution in [-0.4, -0.2) is 26.8 Å². The SMILES string of the molecule is Cc1ccc(S(=O)(=O)C(CNC(=O)C(=O)NCc2ccccc2C)c2ccco2)cc1. The summed E-state index contributed by atoms with van der Waals surface area (Å²) in [6.07, 6.45) is 1.36. The fourth-order valence-corrected chi connectivity index (χ4v) is 4.65. The van der Waals surface area contributed by atoms with E-state index in [1.807, 2.05) is 38.1 Å². The lowest BCUT2D eigenvalue weighted by molar-refractivity contribution is -0.139. The van der Waals surface area contributed by atoms with Crippen LogP contribution in [0.15, 0.2) is 76.2 Å². The molecule has 0 spiro atoms. The highest BCUT2D eigenvalue weighted by Gasteiger charge is 2.32. The van der Waals surface area contributed by atoms with Gasteiger partial charge in [0.05, 0.1) is 11.2 Å². The fraction of sp³-hybridized carbons (Fsp3) is 0.217. The predicted octanol–water partition coefficient (Wildman–Crippen LogP) is 2.84. The Kier molecular flexibility index (Phi) is 6.91. The second-order valence-electron chi connectivity index (χ2n) is 7.18. The van der Waals surface area contributed by atoms with Gasteiger partial charge in [-0.05, 0) is 49.2 Å². The van der Waals surface area contributed by atoms with E-state index >= 15 is 0 Å². The lowest BCUT2D eigenvalue weighted by atomic mass is 10.1. The second kappa shape index (κ2) is 9.61. The molecule has 31 heavy (non-hydrogen) atoms. The molecule has 0 saturated carbocycles. The van der Waals surface area contributed by atoms with Crippen molar-refractivity contribution in [2.24, 2.45) is 0 Å². The number of rotatable bonds is 7. The van der Waals surface area contributed by atoms with Crippen molar-refractivity contribution in [2.45, 2.75) is 30.5 Å². The lowest BCUT2D eigenvalue weighted by Crippen LogP contribution is -2.42. The summed E-state index contributed by atoms with van der Waals surface area (Å²) in [5.41, 5.74) is 2.80. The molecule has 1 aromatic heterocycles. The highest BCUT2D eigenvalue weighted by atomic mass is 32.2. The maximum Gasteiger partial charge on any atom is 0.309 e. The monoisotopic (exact) mass is 440 g/mol. The van der Waals surface area contributed by atoms with Crippen molar-refractivity contribution in [1.29, 1.82) is 0 Å². The summed E-state index contributed by atoms with van der Waals surface area (Å²) < 4.78 is 31.6. The standard InChI is InChI=1S/C23H24N2O5S/c1-16-9-11-19(12-10-16)31(28,29)21(20-8-5-13-30-20)15-25-23(27)22(26)24-14-18-7-4-3-6-17(18)2/h3-13,21H,14-15H2,1-2H3,(H,24,26)(H,25,27). The Morgan fingerprint density at radius 2 is 1.58 bits per heavy atom. The van der Waals surface area contributed by atoms with Gasteiger partial charge in [-0.2, -0.15) is 0 Å². The second-order valence-corrected chi connectivity index (χ2v) is 9.31. The Morgan fingerprint density at radius 1 is 0.903 bits per heavy atom. The number of hydrogen-bond acceptors (Lipinski definition) is 5. The van der Waals surface area contributed by atoms with Crippen LogP contribution in [-0.2, 0) is 26.0 Å². The number of carbonyl (C=O) groups excluding carboxylic acids is 2. The van der Waals surface area contributed by atoms with Crippen LogP contribution in [0.2, 0.25) is 0 Å². The molecule has 3 rings (SSSR count). The largest absolute Gasteiger partial charge is 0.468 e. The zero-order valence-electron chi connectivity index (χ0n) is 17.3. The molecule has 0 aliphatic rings. The summed E-state index contributed by atoms with van der Waals surface area (Å²) >= 11 is 0. The van der Waals surface area contributed by atoms with E-state index in [4.69, 9.17) is 4.42 Å². The van der Waals surface area contributed by atoms with E-state index in [0.717, 1.165) is 16.7 Å². The Morgan fingerprint density at radius 3 is 2.23 bits per heavy atom. The van der Waals surface area contributed by atoms with Crippen molar-refractivity contribution in [3.8, 4) is 0 Å². The summed E-state index contributed by atoms with van der Waals surface area (Å²) in [5, 5.41) is 3.80. The molecule has 3 aromatic rings. The Labute approximate surface area is 181 Å². The molecule has 1 heterocycles. The molecule has 2 amide bonds. The van der Waals surface area contributed by atoms with Crippen molar-refractivity contribution in [2.75, 3.05) is 6.54 Å². The first-order chi connectivity index (χ1) is 14.8. The maximum atomic E-state index is 13.2. The molecule has 1 atom stereocenters. The minimum Gasteiger partial charge on any atom is -0.468 e. The zero-order valence-corrected chi connectivity index (χ0v) is 18.1. The van der Waals surface area contributed by atoms with E-state index < -0.39 is 26.9 Å². The quantitative estimate of drug-likeness (QED) is 0.550. The number of sulfone groups is 1. The summed E-state index contributed by atoms with van der Waals surface area (Å²) in [5.74, 6) is -1.57. The number of furan rings is 1. The van der Waals surface area contributed by atoms with Gasteiger partial charge in [0.25, 0.3) is 0 Å². The summed E-state index contributed by atoms with van der Waals surface area (Å²) in [6, 6.07) is 17.0. The van der Waals surface area contributed by atoms with Crippen LogP contribution in [0.4, 0.5) is 0 Å². The van der Waals surface area contributed by atoms with Crippen LogP contribution in [0.1, 0.15) is 27.7 Å². The molecule has 2 aromatic carbocycles. The third-order valence-corrected chi connectivity index (χ3v) is 7.02. The van der Waals surface area contributed by atoms with Crippen molar-refractivity contribution in [3.63, 3.8) is 0 Å². The lowest BCUT2D eigenvalue weighted by Gasteiger charge is -2.17.